The summed E-state index contributed by atoms with van der Waals surface area (Å²) in [5, 5.41) is 11.0. The third-order valence-electron chi connectivity index (χ3n) is 4.28. The Morgan fingerprint density at radius 1 is 1.00 bits per heavy atom. The van der Waals surface area contributed by atoms with Gasteiger partial charge in [0.15, 0.2) is 17.3 Å². The number of methoxy groups -OCH3 is 2. The third kappa shape index (κ3) is 6.49. The molecule has 33 heavy (non-hydrogen) atoms. The number of nitrogens with one attached hydrogen (secondary N) is 1. The van der Waals surface area contributed by atoms with Gasteiger partial charge in [0.25, 0.3) is 5.91 Å². The number of rotatable bonds is 11. The fourth-order valence-electron chi connectivity index (χ4n) is 2.75. The van der Waals surface area contributed by atoms with Crippen molar-refractivity contribution in [2.75, 3.05) is 32.8 Å². The van der Waals surface area contributed by atoms with Crippen molar-refractivity contribution < 1.29 is 28.5 Å². The Morgan fingerprint density at radius 3 is 2.24 bits per heavy atom. The van der Waals surface area contributed by atoms with Crippen LogP contribution in [0.1, 0.15) is 20.8 Å². The van der Waals surface area contributed by atoms with Gasteiger partial charge in [0.2, 0.25) is 6.04 Å². The average molecular weight is 498 g/mol. The van der Waals surface area contributed by atoms with Crippen molar-refractivity contribution in [3.63, 3.8) is 0 Å². The van der Waals surface area contributed by atoms with Gasteiger partial charge in [0.05, 0.1) is 38.1 Å². The van der Waals surface area contributed by atoms with E-state index >= 15 is 0 Å². The summed E-state index contributed by atoms with van der Waals surface area (Å²) in [6, 6.07) is 4.71. The van der Waals surface area contributed by atoms with Crippen LogP contribution in [0.2, 0.25) is 10.0 Å². The average Bonchev–Trinajstić information content (AvgIpc) is 2.78. The smallest absolute Gasteiger partial charge is 0.258 e. The van der Waals surface area contributed by atoms with Gasteiger partial charge in [0.1, 0.15) is 22.2 Å². The Morgan fingerprint density at radius 2 is 1.67 bits per heavy atom. The van der Waals surface area contributed by atoms with Crippen LogP contribution in [-0.4, -0.2) is 45.2 Å². The monoisotopic (exact) mass is 497 g/mol. The highest BCUT2D eigenvalue weighted by molar-refractivity contribution is 6.34. The number of Topliss-reactive ketones (excluding diaryl/α,β-unsaturated/α-hetero) is 1. The number of ether oxygens (including phenoxy) is 4. The molecule has 0 aliphatic carbocycles. The number of benzene rings is 2. The Kier molecular flexibility index (Phi) is 9.74. The molecule has 2 aromatic rings. The van der Waals surface area contributed by atoms with Gasteiger partial charge in [-0.3, -0.25) is 9.59 Å². The summed E-state index contributed by atoms with van der Waals surface area (Å²) in [4.78, 5) is 25.0. The molecule has 0 saturated carbocycles. The fourth-order valence-corrected chi connectivity index (χ4v) is 3.23. The maximum atomic E-state index is 12.8. The first kappa shape index (κ1) is 26.2. The topological polar surface area (TPSA) is 108 Å². The number of anilines is 1. The predicted octanol–water partition coefficient (Wildman–Crippen LogP) is 5.49. The SMILES string of the molecule is CCOc1ccc(N=NC(C(C)=O)C(=O)Nc2cc(OC)c(Cl)cc2OC)c(Cl)c1OCC. The zero-order valence-corrected chi connectivity index (χ0v) is 20.4. The van der Waals surface area contributed by atoms with Crippen LogP contribution >= 0.6 is 23.2 Å². The summed E-state index contributed by atoms with van der Waals surface area (Å²) in [6.07, 6.45) is 0. The number of carbonyl (C=O) groups excluding carboxylic acids is 2. The summed E-state index contributed by atoms with van der Waals surface area (Å²) >= 11 is 12.5. The second-order valence-corrected chi connectivity index (χ2v) is 7.28. The lowest BCUT2D eigenvalue weighted by Crippen LogP contribution is -2.32. The molecule has 178 valence electrons. The van der Waals surface area contributed by atoms with Crippen molar-refractivity contribution in [3.05, 3.63) is 34.3 Å². The molecular weight excluding hydrogens is 473 g/mol. The van der Waals surface area contributed by atoms with Gasteiger partial charge in [-0.2, -0.15) is 10.2 Å². The summed E-state index contributed by atoms with van der Waals surface area (Å²) in [7, 11) is 2.85. The van der Waals surface area contributed by atoms with Crippen molar-refractivity contribution in [3.8, 4) is 23.0 Å². The predicted molar refractivity (Wildman–Crippen MR) is 126 cm³/mol. The first-order chi connectivity index (χ1) is 15.8. The minimum atomic E-state index is -1.44. The van der Waals surface area contributed by atoms with Crippen molar-refractivity contribution in [1.82, 2.24) is 0 Å². The van der Waals surface area contributed by atoms with E-state index in [4.69, 9.17) is 42.1 Å². The number of halogens is 2. The minimum Gasteiger partial charge on any atom is -0.495 e. The largest absolute Gasteiger partial charge is 0.495 e. The van der Waals surface area contributed by atoms with Crippen molar-refractivity contribution >= 4 is 46.3 Å². The molecule has 0 aliphatic heterocycles. The standard InChI is InChI=1S/C22H25Cl2N3O6/c1-6-32-16-9-8-14(19(24)21(16)33-7-2)26-27-20(12(3)28)22(29)25-15-11-17(30-4)13(23)10-18(15)31-5/h8-11,20H,6-7H2,1-5H3,(H,25,29). The normalized spacial score (nSPS) is 11.7. The molecule has 11 heteroatoms. The lowest BCUT2D eigenvalue weighted by atomic mass is 10.2. The molecule has 0 radical (unpaired) electrons. The molecule has 1 unspecified atom stereocenters. The lowest BCUT2D eigenvalue weighted by Gasteiger charge is -2.15. The summed E-state index contributed by atoms with van der Waals surface area (Å²) in [5.74, 6) is 0.110. The number of amides is 1. The quantitative estimate of drug-likeness (QED) is 0.324. The molecule has 0 spiro atoms. The molecule has 1 atom stereocenters. The van der Waals surface area contributed by atoms with Crippen LogP contribution in [-0.2, 0) is 9.59 Å². The first-order valence-electron chi connectivity index (χ1n) is 9.99. The molecule has 1 amide bonds. The van der Waals surface area contributed by atoms with Gasteiger partial charge in [-0.15, -0.1) is 0 Å². The van der Waals surface area contributed by atoms with Crippen LogP contribution in [0, 0.1) is 0 Å². The second-order valence-electron chi connectivity index (χ2n) is 6.50. The minimum absolute atomic E-state index is 0.151. The number of hydrogen-bond acceptors (Lipinski definition) is 8. The molecular formula is C22H25Cl2N3O6. The Hall–Kier alpha value is -3.04. The Bertz CT molecular complexity index is 1050. The zero-order chi connectivity index (χ0) is 24.5. The molecule has 0 heterocycles. The number of ketones is 1. The second kappa shape index (κ2) is 12.3. The van der Waals surface area contributed by atoms with Gasteiger partial charge in [-0.1, -0.05) is 23.2 Å². The molecule has 2 aromatic carbocycles. The number of azo groups is 1. The highest BCUT2D eigenvalue weighted by Crippen LogP contribution is 2.42. The Balaban J connectivity index is 2.34. The van der Waals surface area contributed by atoms with Crippen LogP contribution in [0.3, 0.4) is 0 Å². The zero-order valence-electron chi connectivity index (χ0n) is 18.9. The van der Waals surface area contributed by atoms with E-state index < -0.39 is 17.7 Å². The fraction of sp³-hybridized carbons (Fsp3) is 0.364. The summed E-state index contributed by atoms with van der Waals surface area (Å²) in [5.41, 5.74) is 0.469. The van der Waals surface area contributed by atoms with Crippen LogP contribution in [0.15, 0.2) is 34.5 Å². The third-order valence-corrected chi connectivity index (χ3v) is 4.94. The van der Waals surface area contributed by atoms with E-state index in [0.717, 1.165) is 0 Å². The highest BCUT2D eigenvalue weighted by atomic mass is 35.5. The number of nitrogens with zero attached hydrogens (tertiary/aromatic N) is 2. The summed E-state index contributed by atoms with van der Waals surface area (Å²) in [6.45, 7) is 5.64. The molecule has 2 rings (SSSR count). The van der Waals surface area contributed by atoms with E-state index in [9.17, 15) is 9.59 Å². The van der Waals surface area contributed by atoms with E-state index in [0.29, 0.717) is 35.5 Å². The van der Waals surface area contributed by atoms with Crippen LogP contribution in [0.4, 0.5) is 11.4 Å². The lowest BCUT2D eigenvalue weighted by molar-refractivity contribution is -0.126. The molecule has 1 N–H and O–H groups in total. The van der Waals surface area contributed by atoms with E-state index in [2.05, 4.69) is 15.5 Å². The number of carbonyl (C=O) groups is 2. The van der Waals surface area contributed by atoms with Crippen LogP contribution < -0.4 is 24.3 Å². The highest BCUT2D eigenvalue weighted by Gasteiger charge is 2.25. The number of hydrogen-bond donors (Lipinski definition) is 1. The molecule has 0 saturated heterocycles. The van der Waals surface area contributed by atoms with Crippen molar-refractivity contribution in [2.45, 2.75) is 26.8 Å². The van der Waals surface area contributed by atoms with Gasteiger partial charge in [0, 0.05) is 12.1 Å². The molecule has 0 bridgehead atoms. The maximum Gasteiger partial charge on any atom is 0.258 e. The van der Waals surface area contributed by atoms with E-state index in [-0.39, 0.29) is 22.1 Å². The van der Waals surface area contributed by atoms with E-state index in [1.165, 1.54) is 33.3 Å². The van der Waals surface area contributed by atoms with E-state index in [1.54, 1.807) is 19.1 Å². The van der Waals surface area contributed by atoms with E-state index in [1.807, 2.05) is 6.92 Å². The van der Waals surface area contributed by atoms with Crippen LogP contribution in [0.5, 0.6) is 23.0 Å². The molecule has 9 nitrogen and oxygen atoms in total. The van der Waals surface area contributed by atoms with Crippen LogP contribution in [0.25, 0.3) is 0 Å². The molecule has 0 aromatic heterocycles. The van der Waals surface area contributed by atoms with Gasteiger partial charge in [-0.05, 0) is 32.9 Å². The first-order valence-corrected chi connectivity index (χ1v) is 10.7. The Labute approximate surface area is 202 Å². The van der Waals surface area contributed by atoms with Gasteiger partial charge < -0.3 is 24.3 Å². The van der Waals surface area contributed by atoms with Gasteiger partial charge >= 0.3 is 0 Å². The van der Waals surface area contributed by atoms with Crippen molar-refractivity contribution in [1.29, 1.82) is 0 Å². The van der Waals surface area contributed by atoms with Crippen molar-refractivity contribution in [2.24, 2.45) is 10.2 Å². The molecule has 0 aliphatic rings. The van der Waals surface area contributed by atoms with Gasteiger partial charge in [-0.25, -0.2) is 0 Å². The summed E-state index contributed by atoms with van der Waals surface area (Å²) < 4.78 is 21.5. The molecule has 0 fully saturated rings. The maximum absolute atomic E-state index is 12.8.